The van der Waals surface area contributed by atoms with Gasteiger partial charge in [0.05, 0.1) is 11.4 Å². The Hall–Kier alpha value is -4.13. The lowest BCUT2D eigenvalue weighted by Gasteiger charge is -2.20. The van der Waals surface area contributed by atoms with Gasteiger partial charge in [0, 0.05) is 13.0 Å². The summed E-state index contributed by atoms with van der Waals surface area (Å²) < 4.78 is 11.1. The van der Waals surface area contributed by atoms with Gasteiger partial charge in [-0.1, -0.05) is 48.5 Å². The molecule has 174 valence electrons. The predicted molar refractivity (Wildman–Crippen MR) is 129 cm³/mol. The molecule has 1 fully saturated rings. The molecule has 3 aromatic rings. The van der Waals surface area contributed by atoms with E-state index in [9.17, 15) is 14.4 Å². The summed E-state index contributed by atoms with van der Waals surface area (Å²) in [5.74, 6) is -0.742. The molecule has 4 rings (SSSR count). The van der Waals surface area contributed by atoms with Gasteiger partial charge in [0.1, 0.15) is 17.9 Å². The van der Waals surface area contributed by atoms with Crippen LogP contribution in [0.5, 0.6) is 5.75 Å². The summed E-state index contributed by atoms with van der Waals surface area (Å²) >= 11 is 0. The number of benzene rings is 3. The van der Waals surface area contributed by atoms with Crippen molar-refractivity contribution in [2.75, 3.05) is 23.4 Å². The van der Waals surface area contributed by atoms with Crippen molar-refractivity contribution in [2.24, 2.45) is 0 Å². The van der Waals surface area contributed by atoms with Crippen molar-refractivity contribution >= 4 is 29.2 Å². The van der Waals surface area contributed by atoms with Crippen LogP contribution in [-0.2, 0) is 20.9 Å². The first-order valence-corrected chi connectivity index (χ1v) is 11.2. The van der Waals surface area contributed by atoms with Gasteiger partial charge in [-0.3, -0.25) is 9.59 Å². The summed E-state index contributed by atoms with van der Waals surface area (Å²) in [7, 11) is 0. The third-order valence-electron chi connectivity index (χ3n) is 5.63. The number of para-hydroxylation sites is 3. The van der Waals surface area contributed by atoms with E-state index in [-0.39, 0.29) is 11.5 Å². The fourth-order valence-corrected chi connectivity index (χ4v) is 3.80. The number of carbonyl (C=O) groups excluding carboxylic acids is 3. The molecule has 0 atom stereocenters. The standard InChI is InChI=1S/C27H26N2O5/c1-19-9-2-3-10-20(19)17-33-24-14-7-4-11-21(24)27(32)34-18-25(30)28-22-12-5-6-13-23(22)29-16-8-15-26(29)31/h2-7,9-14H,8,15-18H2,1H3,(H,28,30). The minimum atomic E-state index is -0.654. The van der Waals surface area contributed by atoms with Crippen LogP contribution in [-0.4, -0.2) is 30.9 Å². The van der Waals surface area contributed by atoms with Crippen LogP contribution in [0, 0.1) is 6.92 Å². The maximum atomic E-state index is 12.7. The van der Waals surface area contributed by atoms with Gasteiger partial charge in [-0.05, 0) is 48.7 Å². The number of nitrogens with zero attached hydrogens (tertiary/aromatic N) is 1. The molecule has 1 aliphatic rings. The average Bonchev–Trinajstić information content (AvgIpc) is 3.28. The lowest BCUT2D eigenvalue weighted by molar-refractivity contribution is -0.119. The molecule has 7 nitrogen and oxygen atoms in total. The molecule has 1 saturated heterocycles. The summed E-state index contributed by atoms with van der Waals surface area (Å²) in [5, 5.41) is 2.74. The monoisotopic (exact) mass is 458 g/mol. The Morgan fingerprint density at radius 1 is 0.971 bits per heavy atom. The summed E-state index contributed by atoms with van der Waals surface area (Å²) in [6, 6.07) is 21.7. The Kier molecular flexibility index (Phi) is 7.22. The zero-order valence-electron chi connectivity index (χ0n) is 19.0. The molecule has 3 aromatic carbocycles. The third kappa shape index (κ3) is 5.43. The molecule has 1 aliphatic heterocycles. The van der Waals surface area contributed by atoms with Crippen molar-refractivity contribution in [3.63, 3.8) is 0 Å². The SMILES string of the molecule is Cc1ccccc1COc1ccccc1C(=O)OCC(=O)Nc1ccccc1N1CCCC1=O. The first-order chi connectivity index (χ1) is 16.5. The molecule has 0 radical (unpaired) electrons. The van der Waals surface area contributed by atoms with Gasteiger partial charge < -0.3 is 19.7 Å². The molecule has 34 heavy (non-hydrogen) atoms. The topological polar surface area (TPSA) is 84.9 Å². The first-order valence-electron chi connectivity index (χ1n) is 11.2. The lowest BCUT2D eigenvalue weighted by atomic mass is 10.1. The van der Waals surface area contributed by atoms with Crippen molar-refractivity contribution < 1.29 is 23.9 Å². The molecule has 0 aromatic heterocycles. The van der Waals surface area contributed by atoms with E-state index in [4.69, 9.17) is 9.47 Å². The zero-order valence-corrected chi connectivity index (χ0v) is 19.0. The van der Waals surface area contributed by atoms with Gasteiger partial charge in [0.25, 0.3) is 5.91 Å². The number of hydrogen-bond donors (Lipinski definition) is 1. The Labute approximate surface area is 198 Å². The van der Waals surface area contributed by atoms with Crippen molar-refractivity contribution in [1.29, 1.82) is 0 Å². The zero-order chi connectivity index (χ0) is 23.9. The summed E-state index contributed by atoms with van der Waals surface area (Å²) in [4.78, 5) is 39.0. The second kappa shape index (κ2) is 10.7. The van der Waals surface area contributed by atoms with Crippen LogP contribution < -0.4 is 15.0 Å². The molecule has 0 spiro atoms. The fraction of sp³-hybridized carbons (Fsp3) is 0.222. The number of hydrogen-bond acceptors (Lipinski definition) is 5. The highest BCUT2D eigenvalue weighted by atomic mass is 16.5. The maximum absolute atomic E-state index is 12.7. The molecule has 0 bridgehead atoms. The van der Waals surface area contributed by atoms with E-state index in [1.807, 2.05) is 37.3 Å². The Morgan fingerprint density at radius 3 is 2.50 bits per heavy atom. The van der Waals surface area contributed by atoms with E-state index >= 15 is 0 Å². The molecule has 1 N–H and O–H groups in total. The highest BCUT2D eigenvalue weighted by molar-refractivity contribution is 6.03. The third-order valence-corrected chi connectivity index (χ3v) is 5.63. The quantitative estimate of drug-likeness (QED) is 0.503. The summed E-state index contributed by atoms with van der Waals surface area (Å²) in [6.45, 7) is 2.45. The molecule has 0 aliphatic carbocycles. The largest absolute Gasteiger partial charge is 0.488 e. The number of amides is 2. The summed E-state index contributed by atoms with van der Waals surface area (Å²) in [5.41, 5.74) is 3.49. The van der Waals surface area contributed by atoms with Crippen LogP contribution in [0.15, 0.2) is 72.8 Å². The molecular formula is C27H26N2O5. The number of carbonyl (C=O) groups is 3. The van der Waals surface area contributed by atoms with Crippen LogP contribution in [0.3, 0.4) is 0 Å². The Morgan fingerprint density at radius 2 is 1.71 bits per heavy atom. The van der Waals surface area contributed by atoms with E-state index in [1.165, 1.54) is 0 Å². The predicted octanol–water partition coefficient (Wildman–Crippen LogP) is 4.50. The molecule has 0 unspecified atom stereocenters. The number of rotatable bonds is 8. The van der Waals surface area contributed by atoms with Crippen molar-refractivity contribution in [1.82, 2.24) is 0 Å². The van der Waals surface area contributed by atoms with Crippen LogP contribution in [0.2, 0.25) is 0 Å². The van der Waals surface area contributed by atoms with E-state index < -0.39 is 18.5 Å². The van der Waals surface area contributed by atoms with E-state index in [0.717, 1.165) is 17.5 Å². The number of esters is 1. The van der Waals surface area contributed by atoms with E-state index in [0.29, 0.717) is 36.7 Å². The van der Waals surface area contributed by atoms with Gasteiger partial charge in [-0.2, -0.15) is 0 Å². The van der Waals surface area contributed by atoms with Gasteiger partial charge in [0.15, 0.2) is 6.61 Å². The van der Waals surface area contributed by atoms with Gasteiger partial charge in [-0.25, -0.2) is 4.79 Å². The van der Waals surface area contributed by atoms with Crippen LogP contribution in [0.25, 0.3) is 0 Å². The average molecular weight is 459 g/mol. The van der Waals surface area contributed by atoms with Crippen molar-refractivity contribution in [2.45, 2.75) is 26.4 Å². The first kappa shape index (κ1) is 23.0. The van der Waals surface area contributed by atoms with Gasteiger partial charge >= 0.3 is 5.97 Å². The molecule has 2 amide bonds. The number of ether oxygens (including phenoxy) is 2. The summed E-state index contributed by atoms with van der Waals surface area (Å²) in [6.07, 6.45) is 1.27. The van der Waals surface area contributed by atoms with Crippen molar-refractivity contribution in [3.8, 4) is 5.75 Å². The smallest absolute Gasteiger partial charge is 0.342 e. The second-order valence-electron chi connectivity index (χ2n) is 8.00. The van der Waals surface area contributed by atoms with Crippen LogP contribution >= 0.6 is 0 Å². The minimum absolute atomic E-state index is 0.0235. The van der Waals surface area contributed by atoms with Gasteiger partial charge in [0.2, 0.25) is 5.91 Å². The Balaban J connectivity index is 1.37. The van der Waals surface area contributed by atoms with E-state index in [1.54, 1.807) is 47.4 Å². The second-order valence-corrected chi connectivity index (χ2v) is 8.00. The fourth-order valence-electron chi connectivity index (χ4n) is 3.80. The molecule has 7 heteroatoms. The number of nitrogens with one attached hydrogen (secondary N) is 1. The molecular weight excluding hydrogens is 432 g/mol. The Bertz CT molecular complexity index is 1210. The molecule has 0 saturated carbocycles. The van der Waals surface area contributed by atoms with Crippen molar-refractivity contribution in [3.05, 3.63) is 89.5 Å². The molecule has 1 heterocycles. The van der Waals surface area contributed by atoms with Crippen LogP contribution in [0.4, 0.5) is 11.4 Å². The van der Waals surface area contributed by atoms with Crippen LogP contribution in [0.1, 0.15) is 34.3 Å². The minimum Gasteiger partial charge on any atom is -0.488 e. The maximum Gasteiger partial charge on any atom is 0.342 e. The number of aryl methyl sites for hydroxylation is 1. The highest BCUT2D eigenvalue weighted by Gasteiger charge is 2.24. The van der Waals surface area contributed by atoms with E-state index in [2.05, 4.69) is 5.32 Å². The van der Waals surface area contributed by atoms with Gasteiger partial charge in [-0.15, -0.1) is 0 Å². The highest BCUT2D eigenvalue weighted by Crippen LogP contribution is 2.29. The number of anilines is 2. The lowest BCUT2D eigenvalue weighted by Crippen LogP contribution is -2.27. The normalized spacial score (nSPS) is 13.0.